The number of anilines is 1. The minimum absolute atomic E-state index is 0.419. The van der Waals surface area contributed by atoms with Crippen LogP contribution in [0.2, 0.25) is 0 Å². The molecule has 0 atom stereocenters. The van der Waals surface area contributed by atoms with Gasteiger partial charge < -0.3 is 19.7 Å². The van der Waals surface area contributed by atoms with E-state index in [0.29, 0.717) is 12.1 Å². The van der Waals surface area contributed by atoms with E-state index in [-0.39, 0.29) is 0 Å². The standard InChI is InChI=1S/C26H37N7/c1-20(2)32-17-11-22(12-18-32)28-25-23-26(30-24(29-25)21-9-4-3-5-10-21)33(19-27-23)16-8-15-31-13-6-7-14-31/h3-5,9-10,19-20,22H,6-8,11-18H2,1-2H3,(H,28,29,30). The van der Waals surface area contributed by atoms with E-state index in [2.05, 4.69) is 45.7 Å². The lowest BCUT2D eigenvalue weighted by Crippen LogP contribution is -2.42. The Morgan fingerprint density at radius 1 is 0.970 bits per heavy atom. The van der Waals surface area contributed by atoms with Crippen LogP contribution in [0.25, 0.3) is 22.6 Å². The molecule has 0 saturated carbocycles. The maximum Gasteiger partial charge on any atom is 0.166 e. The van der Waals surface area contributed by atoms with Gasteiger partial charge in [0, 0.05) is 37.3 Å². The summed E-state index contributed by atoms with van der Waals surface area (Å²) < 4.78 is 2.21. The Morgan fingerprint density at radius 2 is 1.73 bits per heavy atom. The third kappa shape index (κ3) is 5.20. The summed E-state index contributed by atoms with van der Waals surface area (Å²) in [5.74, 6) is 1.65. The number of likely N-dealkylation sites (tertiary alicyclic amines) is 2. The van der Waals surface area contributed by atoms with Crippen LogP contribution in [-0.4, -0.2) is 74.1 Å². The van der Waals surface area contributed by atoms with Gasteiger partial charge in [-0.25, -0.2) is 15.0 Å². The number of nitrogens with one attached hydrogen (secondary N) is 1. The number of piperidine rings is 1. The maximum atomic E-state index is 4.97. The van der Waals surface area contributed by atoms with Crippen LogP contribution < -0.4 is 5.32 Å². The highest BCUT2D eigenvalue weighted by molar-refractivity contribution is 5.85. The zero-order valence-corrected chi connectivity index (χ0v) is 20.1. The van der Waals surface area contributed by atoms with Crippen LogP contribution in [0, 0.1) is 0 Å². The molecule has 2 aliphatic rings. The number of aromatic nitrogens is 4. The summed E-state index contributed by atoms with van der Waals surface area (Å²) in [6.07, 6.45) is 8.00. The van der Waals surface area contributed by atoms with Crippen LogP contribution in [0.3, 0.4) is 0 Å². The molecular weight excluding hydrogens is 410 g/mol. The largest absolute Gasteiger partial charge is 0.365 e. The van der Waals surface area contributed by atoms with Gasteiger partial charge in [-0.2, -0.15) is 0 Å². The van der Waals surface area contributed by atoms with E-state index in [1.165, 1.54) is 25.9 Å². The molecule has 0 spiro atoms. The summed E-state index contributed by atoms with van der Waals surface area (Å²) in [6.45, 7) is 11.4. The van der Waals surface area contributed by atoms with Gasteiger partial charge in [0.25, 0.3) is 0 Å². The second kappa shape index (κ2) is 10.2. The first-order valence-corrected chi connectivity index (χ1v) is 12.7. The van der Waals surface area contributed by atoms with E-state index in [0.717, 1.165) is 73.8 Å². The summed E-state index contributed by atoms with van der Waals surface area (Å²) in [4.78, 5) is 19.8. The Morgan fingerprint density at radius 3 is 2.45 bits per heavy atom. The second-order valence-electron chi connectivity index (χ2n) is 9.82. The molecular formula is C26H37N7. The molecule has 3 aromatic rings. The maximum absolute atomic E-state index is 4.97. The number of nitrogens with zero attached hydrogens (tertiary/aromatic N) is 6. The summed E-state index contributed by atoms with van der Waals surface area (Å²) in [5, 5.41) is 3.75. The molecule has 33 heavy (non-hydrogen) atoms. The second-order valence-corrected chi connectivity index (χ2v) is 9.82. The van der Waals surface area contributed by atoms with Crippen LogP contribution >= 0.6 is 0 Å². The van der Waals surface area contributed by atoms with Gasteiger partial charge in [0.15, 0.2) is 17.3 Å². The van der Waals surface area contributed by atoms with Crippen molar-refractivity contribution in [1.29, 1.82) is 0 Å². The molecule has 0 radical (unpaired) electrons. The molecule has 2 aromatic heterocycles. The highest BCUT2D eigenvalue weighted by Crippen LogP contribution is 2.26. The van der Waals surface area contributed by atoms with Gasteiger partial charge in [0.1, 0.15) is 5.52 Å². The predicted octanol–water partition coefficient (Wildman–Crippen LogP) is 4.26. The average Bonchev–Trinajstić information content (AvgIpc) is 3.50. The van der Waals surface area contributed by atoms with Gasteiger partial charge in [-0.15, -0.1) is 0 Å². The molecule has 7 heteroatoms. The fourth-order valence-electron chi connectivity index (χ4n) is 5.15. The zero-order chi connectivity index (χ0) is 22.6. The highest BCUT2D eigenvalue weighted by atomic mass is 15.2. The number of hydrogen-bond donors (Lipinski definition) is 1. The molecule has 2 aliphatic heterocycles. The van der Waals surface area contributed by atoms with Crippen LogP contribution in [0.5, 0.6) is 0 Å². The third-order valence-corrected chi connectivity index (χ3v) is 7.17. The van der Waals surface area contributed by atoms with Crippen molar-refractivity contribution in [3.63, 3.8) is 0 Å². The number of benzene rings is 1. The summed E-state index contributed by atoms with van der Waals surface area (Å²) in [7, 11) is 0. The molecule has 0 bridgehead atoms. The first-order chi connectivity index (χ1) is 16.2. The Balaban J connectivity index is 1.39. The number of fused-ring (bicyclic) bond motifs is 1. The van der Waals surface area contributed by atoms with E-state index in [9.17, 15) is 0 Å². The minimum Gasteiger partial charge on any atom is -0.365 e. The Hall–Kier alpha value is -2.51. The lowest BCUT2D eigenvalue weighted by molar-refractivity contribution is 0.177. The molecule has 7 nitrogen and oxygen atoms in total. The van der Waals surface area contributed by atoms with Crippen LogP contribution in [0.4, 0.5) is 5.82 Å². The van der Waals surface area contributed by atoms with Crippen molar-refractivity contribution in [2.24, 2.45) is 0 Å². The van der Waals surface area contributed by atoms with Crippen LogP contribution in [0.15, 0.2) is 36.7 Å². The quantitative estimate of drug-likeness (QED) is 0.557. The number of aryl methyl sites for hydroxylation is 1. The number of hydrogen-bond acceptors (Lipinski definition) is 6. The van der Waals surface area contributed by atoms with Crippen molar-refractivity contribution in [2.75, 3.05) is 38.0 Å². The smallest absolute Gasteiger partial charge is 0.166 e. The summed E-state index contributed by atoms with van der Waals surface area (Å²) in [6, 6.07) is 11.3. The monoisotopic (exact) mass is 447 g/mol. The van der Waals surface area contributed by atoms with E-state index in [4.69, 9.17) is 15.0 Å². The third-order valence-electron chi connectivity index (χ3n) is 7.17. The van der Waals surface area contributed by atoms with E-state index >= 15 is 0 Å². The molecule has 0 unspecified atom stereocenters. The van der Waals surface area contributed by atoms with Gasteiger partial charge in [-0.05, 0) is 65.6 Å². The Bertz CT molecular complexity index is 1030. The first kappa shape index (κ1) is 22.3. The van der Waals surface area contributed by atoms with Crippen molar-refractivity contribution in [2.45, 2.75) is 64.6 Å². The fourth-order valence-corrected chi connectivity index (χ4v) is 5.15. The van der Waals surface area contributed by atoms with E-state index < -0.39 is 0 Å². The lowest BCUT2D eigenvalue weighted by atomic mass is 10.0. The van der Waals surface area contributed by atoms with Gasteiger partial charge in [-0.1, -0.05) is 30.3 Å². The molecule has 5 rings (SSSR count). The van der Waals surface area contributed by atoms with E-state index in [1.807, 2.05) is 24.5 Å². The summed E-state index contributed by atoms with van der Waals surface area (Å²) in [5.41, 5.74) is 2.87. The molecule has 2 saturated heterocycles. The van der Waals surface area contributed by atoms with Gasteiger partial charge in [0.2, 0.25) is 0 Å². The van der Waals surface area contributed by atoms with Crippen molar-refractivity contribution in [3.8, 4) is 11.4 Å². The van der Waals surface area contributed by atoms with Crippen LogP contribution in [-0.2, 0) is 6.54 Å². The Kier molecular flexibility index (Phi) is 6.88. The SMILES string of the molecule is CC(C)N1CCC(Nc2nc(-c3ccccc3)nc3c2ncn3CCCN2CCCC2)CC1. The highest BCUT2D eigenvalue weighted by Gasteiger charge is 2.23. The van der Waals surface area contributed by atoms with Crippen molar-refractivity contribution < 1.29 is 0 Å². The number of rotatable bonds is 8. The molecule has 1 aromatic carbocycles. The topological polar surface area (TPSA) is 62.1 Å². The molecule has 1 N–H and O–H groups in total. The predicted molar refractivity (Wildman–Crippen MR) is 134 cm³/mol. The molecule has 176 valence electrons. The normalized spacial score (nSPS) is 18.5. The fraction of sp³-hybridized carbons (Fsp3) is 0.577. The van der Waals surface area contributed by atoms with E-state index in [1.54, 1.807) is 0 Å². The minimum atomic E-state index is 0.419. The van der Waals surface area contributed by atoms with Crippen LogP contribution in [0.1, 0.15) is 46.0 Å². The van der Waals surface area contributed by atoms with Crippen molar-refractivity contribution >= 4 is 17.0 Å². The molecule has 0 aliphatic carbocycles. The van der Waals surface area contributed by atoms with Crippen molar-refractivity contribution in [3.05, 3.63) is 36.7 Å². The van der Waals surface area contributed by atoms with Gasteiger partial charge in [0.05, 0.1) is 6.33 Å². The molecule has 0 amide bonds. The lowest BCUT2D eigenvalue weighted by Gasteiger charge is -2.35. The molecule has 2 fully saturated rings. The van der Waals surface area contributed by atoms with Gasteiger partial charge >= 0.3 is 0 Å². The van der Waals surface area contributed by atoms with Crippen molar-refractivity contribution in [1.82, 2.24) is 29.3 Å². The van der Waals surface area contributed by atoms with Gasteiger partial charge in [-0.3, -0.25) is 0 Å². The first-order valence-electron chi connectivity index (χ1n) is 12.7. The molecule has 4 heterocycles. The Labute approximate surface area is 197 Å². The zero-order valence-electron chi connectivity index (χ0n) is 20.1. The number of imidazole rings is 1. The summed E-state index contributed by atoms with van der Waals surface area (Å²) >= 11 is 0. The average molecular weight is 448 g/mol.